The molecule has 3 N–H and O–H groups in total. The molecule has 0 fully saturated rings. The molecule has 0 aliphatic rings. The summed E-state index contributed by atoms with van der Waals surface area (Å²) in [4.78, 5) is 13.9. The van der Waals surface area contributed by atoms with Crippen molar-refractivity contribution in [1.82, 2.24) is 5.43 Å². The predicted molar refractivity (Wildman–Crippen MR) is 116 cm³/mol. The smallest absolute Gasteiger partial charge is 0.283 e. The van der Waals surface area contributed by atoms with Crippen molar-refractivity contribution in [2.75, 3.05) is 12.8 Å². The monoisotopic (exact) mass is 393 g/mol. The van der Waals surface area contributed by atoms with Gasteiger partial charge in [0.25, 0.3) is 5.91 Å². The Kier molecular flexibility index (Phi) is 6.45. The Morgan fingerprint density at radius 2 is 1.86 bits per heavy atom. The van der Waals surface area contributed by atoms with Gasteiger partial charge in [-0.05, 0) is 61.2 Å². The van der Waals surface area contributed by atoms with Crippen LogP contribution < -0.4 is 15.9 Å². The standard InChI is InChI=1S/C22H23N3O2S/c1-15(8-9-16-6-4-3-5-7-16)24-25-22(26)21-19(23)14-20(28-21)17-10-12-18(27-2)13-11-17/h3-7,10-14H,8-9,23H2,1-2H3,(H,25,26)/b24-15-. The van der Waals surface area contributed by atoms with E-state index in [1.54, 1.807) is 7.11 Å². The zero-order valence-electron chi connectivity index (χ0n) is 15.9. The first-order chi connectivity index (χ1) is 13.6. The van der Waals surface area contributed by atoms with Crippen LogP contribution in [0.5, 0.6) is 5.75 Å². The summed E-state index contributed by atoms with van der Waals surface area (Å²) in [6.07, 6.45) is 1.66. The lowest BCUT2D eigenvalue weighted by atomic mass is 10.1. The molecule has 2 aromatic carbocycles. The molecule has 144 valence electrons. The Balaban J connectivity index is 1.63. The van der Waals surface area contributed by atoms with Crippen LogP contribution in [0.15, 0.2) is 65.8 Å². The molecule has 0 aliphatic heterocycles. The number of amides is 1. The summed E-state index contributed by atoms with van der Waals surface area (Å²) in [5, 5.41) is 4.21. The van der Waals surface area contributed by atoms with E-state index in [1.165, 1.54) is 16.9 Å². The van der Waals surface area contributed by atoms with E-state index in [4.69, 9.17) is 10.5 Å². The SMILES string of the molecule is COc1ccc(-c2cc(N)c(C(=O)N/N=C(/C)CCc3ccccc3)s2)cc1. The van der Waals surface area contributed by atoms with Crippen LogP contribution in [0, 0.1) is 0 Å². The van der Waals surface area contributed by atoms with Crippen LogP contribution in [0.2, 0.25) is 0 Å². The van der Waals surface area contributed by atoms with E-state index in [9.17, 15) is 4.79 Å². The second kappa shape index (κ2) is 9.19. The average Bonchev–Trinajstić information content (AvgIpc) is 3.13. The number of anilines is 1. The molecule has 0 atom stereocenters. The average molecular weight is 394 g/mol. The third-order valence-corrected chi connectivity index (χ3v) is 5.51. The molecule has 0 unspecified atom stereocenters. The third-order valence-electron chi connectivity index (χ3n) is 4.31. The lowest BCUT2D eigenvalue weighted by molar-refractivity contribution is 0.0959. The first-order valence-electron chi connectivity index (χ1n) is 8.98. The van der Waals surface area contributed by atoms with Crippen LogP contribution in [0.3, 0.4) is 0 Å². The molecule has 6 heteroatoms. The van der Waals surface area contributed by atoms with Gasteiger partial charge >= 0.3 is 0 Å². The van der Waals surface area contributed by atoms with Crippen molar-refractivity contribution < 1.29 is 9.53 Å². The minimum atomic E-state index is -0.290. The van der Waals surface area contributed by atoms with Crippen molar-refractivity contribution in [3.63, 3.8) is 0 Å². The van der Waals surface area contributed by atoms with Crippen molar-refractivity contribution >= 4 is 28.6 Å². The van der Waals surface area contributed by atoms with Crippen molar-refractivity contribution in [3.05, 3.63) is 71.1 Å². The first-order valence-corrected chi connectivity index (χ1v) is 9.79. The van der Waals surface area contributed by atoms with Crippen molar-refractivity contribution in [2.24, 2.45) is 5.10 Å². The van der Waals surface area contributed by atoms with Gasteiger partial charge in [0.05, 0.1) is 12.8 Å². The number of carbonyl (C=O) groups excluding carboxylic acids is 1. The third kappa shape index (κ3) is 4.98. The molecular weight excluding hydrogens is 370 g/mol. The molecule has 5 nitrogen and oxygen atoms in total. The molecule has 0 spiro atoms. The Morgan fingerprint density at radius 3 is 2.54 bits per heavy atom. The minimum absolute atomic E-state index is 0.290. The van der Waals surface area contributed by atoms with Crippen LogP contribution in [0.1, 0.15) is 28.6 Å². The number of nitrogens with zero attached hydrogens (tertiary/aromatic N) is 1. The van der Waals surface area contributed by atoms with Crippen molar-refractivity contribution in [3.8, 4) is 16.2 Å². The topological polar surface area (TPSA) is 76.7 Å². The molecule has 0 aliphatic carbocycles. The van der Waals surface area contributed by atoms with E-state index in [1.807, 2.05) is 55.5 Å². The van der Waals surface area contributed by atoms with Gasteiger partial charge in [0.1, 0.15) is 10.6 Å². The number of nitrogen functional groups attached to an aromatic ring is 1. The molecule has 1 amide bonds. The number of hydrogen-bond acceptors (Lipinski definition) is 5. The molecule has 0 saturated carbocycles. The fourth-order valence-corrected chi connectivity index (χ4v) is 3.68. The molecule has 0 saturated heterocycles. The van der Waals surface area contributed by atoms with Gasteiger partial charge in [-0.2, -0.15) is 5.10 Å². The van der Waals surface area contributed by atoms with E-state index < -0.39 is 0 Å². The van der Waals surface area contributed by atoms with Gasteiger partial charge in [-0.1, -0.05) is 30.3 Å². The molecule has 3 aromatic rings. The maximum atomic E-state index is 12.5. The van der Waals surface area contributed by atoms with Gasteiger partial charge in [-0.3, -0.25) is 4.79 Å². The van der Waals surface area contributed by atoms with Crippen molar-refractivity contribution in [2.45, 2.75) is 19.8 Å². The quantitative estimate of drug-likeness (QED) is 0.449. The zero-order valence-corrected chi connectivity index (χ0v) is 16.8. The number of nitrogens with two attached hydrogens (primary N) is 1. The van der Waals surface area contributed by atoms with Crippen LogP contribution in [0.25, 0.3) is 10.4 Å². The van der Waals surface area contributed by atoms with Gasteiger partial charge in [-0.25, -0.2) is 5.43 Å². The Hall–Kier alpha value is -3.12. The molecular formula is C22H23N3O2S. The summed E-state index contributed by atoms with van der Waals surface area (Å²) in [7, 11) is 1.63. The highest BCUT2D eigenvalue weighted by Crippen LogP contribution is 2.33. The van der Waals surface area contributed by atoms with Gasteiger partial charge in [0.15, 0.2) is 0 Å². The minimum Gasteiger partial charge on any atom is -0.497 e. The second-order valence-electron chi connectivity index (χ2n) is 6.40. The Labute approximate surface area is 168 Å². The summed E-state index contributed by atoms with van der Waals surface area (Å²) >= 11 is 1.35. The van der Waals surface area contributed by atoms with Gasteiger partial charge in [-0.15, -0.1) is 11.3 Å². The number of carbonyl (C=O) groups is 1. The van der Waals surface area contributed by atoms with E-state index in [0.29, 0.717) is 10.6 Å². The summed E-state index contributed by atoms with van der Waals surface area (Å²) in [6, 6.07) is 19.7. The van der Waals surface area contributed by atoms with E-state index >= 15 is 0 Å². The first kappa shape index (κ1) is 19.6. The number of hydrazone groups is 1. The summed E-state index contributed by atoms with van der Waals surface area (Å²) < 4.78 is 5.17. The highest BCUT2D eigenvalue weighted by Gasteiger charge is 2.15. The largest absolute Gasteiger partial charge is 0.497 e. The fourth-order valence-electron chi connectivity index (χ4n) is 2.70. The molecule has 1 heterocycles. The van der Waals surface area contributed by atoms with Gasteiger partial charge in [0, 0.05) is 10.6 Å². The lowest BCUT2D eigenvalue weighted by Crippen LogP contribution is -2.19. The normalized spacial score (nSPS) is 11.3. The summed E-state index contributed by atoms with van der Waals surface area (Å²) in [5.74, 6) is 0.493. The number of rotatable bonds is 7. The van der Waals surface area contributed by atoms with Crippen LogP contribution >= 0.6 is 11.3 Å². The molecule has 28 heavy (non-hydrogen) atoms. The fraction of sp³-hybridized carbons (Fsp3) is 0.182. The van der Waals surface area contributed by atoms with Gasteiger partial charge < -0.3 is 10.5 Å². The molecule has 0 bridgehead atoms. The number of thiophene rings is 1. The Morgan fingerprint density at radius 1 is 1.14 bits per heavy atom. The number of aryl methyl sites for hydroxylation is 1. The van der Waals surface area contributed by atoms with Crippen LogP contribution in [-0.4, -0.2) is 18.7 Å². The maximum Gasteiger partial charge on any atom is 0.283 e. The number of hydrogen-bond donors (Lipinski definition) is 2. The number of methoxy groups -OCH3 is 1. The Bertz CT molecular complexity index is 963. The molecule has 1 aromatic heterocycles. The van der Waals surface area contributed by atoms with Crippen LogP contribution in [-0.2, 0) is 6.42 Å². The highest BCUT2D eigenvalue weighted by atomic mass is 32.1. The van der Waals surface area contributed by atoms with E-state index in [-0.39, 0.29) is 5.91 Å². The second-order valence-corrected chi connectivity index (χ2v) is 7.45. The highest BCUT2D eigenvalue weighted by molar-refractivity contribution is 7.18. The van der Waals surface area contributed by atoms with Crippen molar-refractivity contribution in [1.29, 1.82) is 0 Å². The predicted octanol–water partition coefficient (Wildman–Crippen LogP) is 4.74. The van der Waals surface area contributed by atoms with E-state index in [0.717, 1.165) is 34.7 Å². The maximum absolute atomic E-state index is 12.5. The van der Waals surface area contributed by atoms with Crippen LogP contribution in [0.4, 0.5) is 5.69 Å². The summed E-state index contributed by atoms with van der Waals surface area (Å²) in [6.45, 7) is 1.91. The van der Waals surface area contributed by atoms with E-state index in [2.05, 4.69) is 22.7 Å². The number of ether oxygens (including phenoxy) is 1. The molecule has 3 rings (SSSR count). The zero-order chi connectivity index (χ0) is 19.9. The number of nitrogens with one attached hydrogen (secondary N) is 1. The molecule has 0 radical (unpaired) electrons. The van der Waals surface area contributed by atoms with Gasteiger partial charge in [0.2, 0.25) is 0 Å². The number of benzene rings is 2. The lowest BCUT2D eigenvalue weighted by Gasteiger charge is -2.03. The summed E-state index contributed by atoms with van der Waals surface area (Å²) in [5.41, 5.74) is 12.2.